The molecule has 23 heavy (non-hydrogen) atoms. The summed E-state index contributed by atoms with van der Waals surface area (Å²) in [6.07, 6.45) is 0.825. The molecule has 1 heterocycles. The summed E-state index contributed by atoms with van der Waals surface area (Å²) in [5.74, 6) is -0.0227. The lowest BCUT2D eigenvalue weighted by molar-refractivity contribution is -0.198. The second-order valence-corrected chi connectivity index (χ2v) is 7.39. The fraction of sp³-hybridized carbons (Fsp3) is 0.529. The van der Waals surface area contributed by atoms with E-state index >= 15 is 0 Å². The van der Waals surface area contributed by atoms with Crippen LogP contribution in [0.15, 0.2) is 22.6 Å². The summed E-state index contributed by atoms with van der Waals surface area (Å²) >= 11 is 4.98. The number of methoxy groups -OCH3 is 1. The number of benzene rings is 1. The molecule has 0 saturated heterocycles. The second kappa shape index (κ2) is 5.18. The van der Waals surface area contributed by atoms with Gasteiger partial charge in [-0.2, -0.15) is 0 Å². The van der Waals surface area contributed by atoms with Crippen LogP contribution < -0.4 is 0 Å². The fourth-order valence-corrected chi connectivity index (χ4v) is 3.70. The maximum atomic E-state index is 12.8. The van der Waals surface area contributed by atoms with Gasteiger partial charge in [0.25, 0.3) is 10.7 Å². The lowest BCUT2D eigenvalue weighted by Gasteiger charge is -2.61. The first-order chi connectivity index (χ1) is 10.7. The number of hydrogen-bond acceptors (Lipinski definition) is 4. The minimum atomic E-state index is -0.205. The van der Waals surface area contributed by atoms with Crippen molar-refractivity contribution in [1.29, 1.82) is 0 Å². The smallest absolute Gasteiger partial charge is 0.266 e. The molecule has 1 N–H and O–H groups in total. The van der Waals surface area contributed by atoms with E-state index in [-0.39, 0.29) is 23.0 Å². The van der Waals surface area contributed by atoms with Crippen LogP contribution in [-0.4, -0.2) is 41.6 Å². The molecule has 1 aliphatic carbocycles. The number of carbonyl (C=O) groups excluding carboxylic acids is 1. The molecule has 1 aromatic carbocycles. The van der Waals surface area contributed by atoms with Crippen LogP contribution in [0.2, 0.25) is 0 Å². The molecular weight excluding hydrogens is 312 g/mol. The van der Waals surface area contributed by atoms with Gasteiger partial charge in [0.1, 0.15) is 0 Å². The van der Waals surface area contributed by atoms with Crippen molar-refractivity contribution in [3.05, 3.63) is 28.6 Å². The Kier molecular flexibility index (Phi) is 3.65. The van der Waals surface area contributed by atoms with Crippen molar-refractivity contribution in [3.8, 4) is 0 Å². The molecule has 1 aliphatic rings. The molecule has 124 valence electrons. The summed E-state index contributed by atoms with van der Waals surface area (Å²) in [5, 5.41) is 0. The average Bonchev–Trinajstić information content (AvgIpc) is 2.89. The number of fused-ring (bicyclic) bond motifs is 1. The van der Waals surface area contributed by atoms with Crippen molar-refractivity contribution >= 4 is 29.2 Å². The number of rotatable bonds is 3. The zero-order valence-electron chi connectivity index (χ0n) is 14.1. The van der Waals surface area contributed by atoms with E-state index in [1.165, 1.54) is 0 Å². The largest absolute Gasteiger partial charge is 0.429 e. The van der Waals surface area contributed by atoms with E-state index in [1.807, 2.05) is 18.0 Å². The number of nitrogens with zero attached hydrogens (tertiary/aromatic N) is 1. The number of ether oxygens (including phenoxy) is 1. The molecule has 6 heteroatoms. The Morgan fingerprint density at radius 2 is 2.13 bits per heavy atom. The van der Waals surface area contributed by atoms with Gasteiger partial charge in [-0.3, -0.25) is 4.79 Å². The zero-order chi connectivity index (χ0) is 17.0. The van der Waals surface area contributed by atoms with Gasteiger partial charge in [-0.1, -0.05) is 13.8 Å². The van der Waals surface area contributed by atoms with Crippen molar-refractivity contribution in [2.24, 2.45) is 5.41 Å². The highest BCUT2D eigenvalue weighted by molar-refractivity contribution is 7.71. The maximum absolute atomic E-state index is 12.8. The van der Waals surface area contributed by atoms with Crippen LogP contribution in [0, 0.1) is 10.3 Å². The highest BCUT2D eigenvalue weighted by Gasteiger charge is 2.59. The third-order valence-electron chi connectivity index (χ3n) is 5.69. The monoisotopic (exact) mass is 334 g/mol. The van der Waals surface area contributed by atoms with E-state index in [2.05, 4.69) is 25.8 Å². The molecule has 2 unspecified atom stereocenters. The predicted octanol–water partition coefficient (Wildman–Crippen LogP) is 3.77. The molecule has 0 spiro atoms. The fourth-order valence-electron chi connectivity index (χ4n) is 3.50. The molecule has 1 aromatic heterocycles. The van der Waals surface area contributed by atoms with E-state index in [0.29, 0.717) is 16.0 Å². The van der Waals surface area contributed by atoms with Crippen LogP contribution in [-0.2, 0) is 4.74 Å². The van der Waals surface area contributed by atoms with Crippen LogP contribution in [0.25, 0.3) is 11.1 Å². The Labute approximate surface area is 140 Å². The van der Waals surface area contributed by atoms with Crippen molar-refractivity contribution in [1.82, 2.24) is 9.88 Å². The van der Waals surface area contributed by atoms with E-state index in [1.54, 1.807) is 19.2 Å². The number of H-pyrrole nitrogens is 1. The highest BCUT2D eigenvalue weighted by atomic mass is 32.1. The van der Waals surface area contributed by atoms with Crippen LogP contribution in [0.1, 0.15) is 37.6 Å². The number of aromatic nitrogens is 1. The van der Waals surface area contributed by atoms with Crippen LogP contribution in [0.3, 0.4) is 0 Å². The third kappa shape index (κ3) is 2.32. The number of aromatic amines is 1. The number of oxazole rings is 1. The maximum Gasteiger partial charge on any atom is 0.266 e. The van der Waals surface area contributed by atoms with Gasteiger partial charge < -0.3 is 19.0 Å². The van der Waals surface area contributed by atoms with E-state index in [0.717, 1.165) is 11.9 Å². The predicted molar refractivity (Wildman–Crippen MR) is 91.1 cm³/mol. The van der Waals surface area contributed by atoms with Gasteiger partial charge in [-0.05, 0) is 43.8 Å². The second-order valence-electron chi connectivity index (χ2n) is 7.02. The zero-order valence-corrected chi connectivity index (χ0v) is 14.9. The van der Waals surface area contributed by atoms with Crippen LogP contribution in [0.5, 0.6) is 0 Å². The molecule has 1 saturated carbocycles. The first-order valence-corrected chi connectivity index (χ1v) is 8.05. The summed E-state index contributed by atoms with van der Waals surface area (Å²) in [4.78, 5) is 17.9. The van der Waals surface area contributed by atoms with Crippen LogP contribution in [0.4, 0.5) is 0 Å². The van der Waals surface area contributed by atoms with Crippen LogP contribution >= 0.6 is 12.2 Å². The number of hydrogen-bond donors (Lipinski definition) is 1. The Morgan fingerprint density at radius 1 is 1.43 bits per heavy atom. The van der Waals surface area contributed by atoms with Gasteiger partial charge in [-0.25, -0.2) is 0 Å². The summed E-state index contributed by atoms with van der Waals surface area (Å²) in [6, 6.07) is 5.49. The standard InChI is InChI=1S/C17H22N2O3S/c1-16(2)13(9-17(16,3)21-5)19(4)14(20)10-6-7-11-12(8-10)22-15(23)18-11/h6-8,13H,9H2,1-5H3,(H,18,23). The quantitative estimate of drug-likeness (QED) is 0.868. The Balaban J connectivity index is 1.86. The van der Waals surface area contributed by atoms with Gasteiger partial charge >= 0.3 is 0 Å². The first-order valence-electron chi connectivity index (χ1n) is 7.65. The molecule has 1 amide bonds. The third-order valence-corrected chi connectivity index (χ3v) is 5.87. The Bertz CT molecular complexity index is 823. The molecule has 0 bridgehead atoms. The number of carbonyl (C=O) groups is 1. The van der Waals surface area contributed by atoms with E-state index < -0.39 is 0 Å². The van der Waals surface area contributed by atoms with Gasteiger partial charge in [0.15, 0.2) is 5.58 Å². The SMILES string of the molecule is COC1(C)CC(N(C)C(=O)c2ccc3[nH]c(=S)oc3c2)C1(C)C. The molecule has 2 atom stereocenters. The normalized spacial score (nSPS) is 26.0. The van der Waals surface area contributed by atoms with Crippen molar-refractivity contribution in [2.45, 2.75) is 38.8 Å². The Hall–Kier alpha value is -1.66. The summed E-state index contributed by atoms with van der Waals surface area (Å²) in [7, 11) is 3.58. The summed E-state index contributed by atoms with van der Waals surface area (Å²) in [5.41, 5.74) is 1.68. The van der Waals surface area contributed by atoms with Gasteiger partial charge in [0, 0.05) is 31.2 Å². The number of nitrogens with one attached hydrogen (secondary N) is 1. The molecule has 3 rings (SSSR count). The van der Waals surface area contributed by atoms with E-state index in [4.69, 9.17) is 21.4 Å². The Morgan fingerprint density at radius 3 is 2.74 bits per heavy atom. The summed E-state index contributed by atoms with van der Waals surface area (Å²) in [6.45, 7) is 6.38. The topological polar surface area (TPSA) is 58.5 Å². The highest BCUT2D eigenvalue weighted by Crippen LogP contribution is 2.53. The minimum Gasteiger partial charge on any atom is -0.429 e. The van der Waals surface area contributed by atoms with Gasteiger partial charge in [-0.15, -0.1) is 0 Å². The lowest BCUT2D eigenvalue weighted by atomic mass is 9.55. The van der Waals surface area contributed by atoms with E-state index in [9.17, 15) is 4.79 Å². The average molecular weight is 334 g/mol. The number of amides is 1. The lowest BCUT2D eigenvalue weighted by Crippen LogP contribution is -2.68. The molecule has 0 aliphatic heterocycles. The molecule has 2 aromatic rings. The first kappa shape index (κ1) is 16.2. The molecule has 0 radical (unpaired) electrons. The summed E-state index contributed by atoms with van der Waals surface area (Å²) < 4.78 is 11.0. The van der Waals surface area contributed by atoms with Crippen molar-refractivity contribution in [2.75, 3.05) is 14.2 Å². The molecule has 5 nitrogen and oxygen atoms in total. The van der Waals surface area contributed by atoms with Crippen molar-refractivity contribution < 1.29 is 13.9 Å². The molecule has 1 fully saturated rings. The van der Waals surface area contributed by atoms with Crippen molar-refractivity contribution in [3.63, 3.8) is 0 Å². The minimum absolute atomic E-state index is 0.0227. The molecular formula is C17H22N2O3S. The van der Waals surface area contributed by atoms with Gasteiger partial charge in [0.2, 0.25) is 0 Å². The van der Waals surface area contributed by atoms with Gasteiger partial charge in [0.05, 0.1) is 11.1 Å².